The average Bonchev–Trinajstić information content (AvgIpc) is 3.31. The number of rotatable bonds is 5. The Kier molecular flexibility index (Phi) is 8.74. The van der Waals surface area contributed by atoms with E-state index in [0.717, 1.165) is 60.2 Å². The topological polar surface area (TPSA) is 101 Å². The predicted octanol–water partition coefficient (Wildman–Crippen LogP) is 2.67. The fourth-order valence-corrected chi connectivity index (χ4v) is 5.20. The predicted molar refractivity (Wildman–Crippen MR) is 135 cm³/mol. The Morgan fingerprint density at radius 2 is 2.06 bits per heavy atom. The van der Waals surface area contributed by atoms with E-state index in [2.05, 4.69) is 44.5 Å². The third-order valence-electron chi connectivity index (χ3n) is 6.77. The number of carbonyl (C=O) groups is 1. The summed E-state index contributed by atoms with van der Waals surface area (Å²) in [4.78, 5) is 23.6. The van der Waals surface area contributed by atoms with Crippen LogP contribution in [0.4, 0.5) is 0 Å². The lowest BCUT2D eigenvalue weighted by molar-refractivity contribution is -0.123. The fourth-order valence-electron chi connectivity index (χ4n) is 4.65. The third-order valence-corrected chi connectivity index (χ3v) is 7.47. The van der Waals surface area contributed by atoms with Gasteiger partial charge >= 0.3 is 0 Å². The number of likely N-dealkylation sites (tertiary alicyclic amines) is 1. The number of hydrogen-bond acceptors (Lipinski definition) is 9. The molecule has 2 aliphatic heterocycles. The Bertz CT molecular complexity index is 1010. The van der Waals surface area contributed by atoms with Crippen LogP contribution in [0.15, 0.2) is 24.8 Å². The van der Waals surface area contributed by atoms with E-state index in [4.69, 9.17) is 4.18 Å². The molecule has 35 heavy (non-hydrogen) atoms. The molecule has 0 saturated carbocycles. The van der Waals surface area contributed by atoms with Crippen molar-refractivity contribution < 1.29 is 8.98 Å². The monoisotopic (exact) mass is 500 g/mol. The standard InChI is InChI=1S/C17H21N7O2S.C7H15N/c1-11-19-9-13-14(20-11)4-3-5-15(13)23-10-12(21-22-23)8-16-17(25)18-6-7-24(16)27-26-2;1-7-3-5-8(2)6-4-7/h6-7,9-10,15-16H,3-5,8H2,1-2H3,(H,18,25);7H,3-6H2,1-2H3/t15-,16-;/m0./s1. The molecule has 1 amide bonds. The van der Waals surface area contributed by atoms with Gasteiger partial charge in [-0.15, -0.1) is 5.10 Å². The Labute approximate surface area is 211 Å². The van der Waals surface area contributed by atoms with Gasteiger partial charge in [-0.2, -0.15) is 0 Å². The summed E-state index contributed by atoms with van der Waals surface area (Å²) in [5, 5.41) is 11.4. The van der Waals surface area contributed by atoms with Crippen LogP contribution >= 0.6 is 12.2 Å². The van der Waals surface area contributed by atoms with Gasteiger partial charge in [-0.05, 0) is 65.1 Å². The van der Waals surface area contributed by atoms with Crippen LogP contribution < -0.4 is 5.32 Å². The van der Waals surface area contributed by atoms with Gasteiger partial charge in [-0.3, -0.25) is 13.3 Å². The zero-order valence-electron chi connectivity index (χ0n) is 21.1. The molecular weight excluding hydrogens is 464 g/mol. The highest BCUT2D eigenvalue weighted by Gasteiger charge is 2.30. The number of amides is 1. The lowest BCUT2D eigenvalue weighted by atomic mass is 9.92. The van der Waals surface area contributed by atoms with Crippen LogP contribution in [0.25, 0.3) is 0 Å². The van der Waals surface area contributed by atoms with Crippen LogP contribution in [0.2, 0.25) is 0 Å². The molecule has 2 atom stereocenters. The van der Waals surface area contributed by atoms with Gasteiger partial charge in [0.15, 0.2) is 0 Å². The second-order valence-corrected chi connectivity index (χ2v) is 10.5. The molecule has 2 aromatic heterocycles. The molecule has 0 bridgehead atoms. The molecule has 3 aliphatic rings. The second-order valence-electron chi connectivity index (χ2n) is 9.55. The molecule has 0 unspecified atom stereocenters. The number of nitrogens with zero attached hydrogens (tertiary/aromatic N) is 7. The van der Waals surface area contributed by atoms with Gasteiger partial charge in [0.05, 0.1) is 18.8 Å². The average molecular weight is 501 g/mol. The summed E-state index contributed by atoms with van der Waals surface area (Å²) in [6.07, 6.45) is 13.4. The smallest absolute Gasteiger partial charge is 0.248 e. The fraction of sp³-hybridized carbons (Fsp3) is 0.625. The molecule has 1 fully saturated rings. The normalized spacial score (nSPS) is 22.9. The number of fused-ring (bicyclic) bond motifs is 1. The molecule has 10 nitrogen and oxygen atoms in total. The number of nitrogens with one attached hydrogen (secondary N) is 1. The van der Waals surface area contributed by atoms with Gasteiger partial charge in [0, 0.05) is 42.5 Å². The SMILES string of the molecule is CC1CCN(C)CC1.COSN1C=CNC(=O)[C@@H]1Cc1cn([C@H]2CCCc3nc(C)ncc32)nn1. The highest BCUT2D eigenvalue weighted by Crippen LogP contribution is 2.31. The molecule has 5 rings (SSSR count). The van der Waals surface area contributed by atoms with Crippen molar-refractivity contribution >= 4 is 18.1 Å². The van der Waals surface area contributed by atoms with Gasteiger partial charge in [0.2, 0.25) is 5.91 Å². The van der Waals surface area contributed by atoms with Gasteiger partial charge in [-0.25, -0.2) is 14.6 Å². The molecule has 0 aromatic carbocycles. The zero-order valence-corrected chi connectivity index (χ0v) is 21.9. The maximum Gasteiger partial charge on any atom is 0.248 e. The number of carbonyl (C=O) groups excluding carboxylic acids is 1. The second kappa shape index (κ2) is 12.0. The van der Waals surface area contributed by atoms with Crippen LogP contribution in [-0.2, 0) is 21.8 Å². The lowest BCUT2D eigenvalue weighted by Gasteiger charge is -2.28. The van der Waals surface area contributed by atoms with E-state index in [1.54, 1.807) is 23.8 Å². The largest absolute Gasteiger partial charge is 0.329 e. The molecule has 4 heterocycles. The Morgan fingerprint density at radius 3 is 2.80 bits per heavy atom. The van der Waals surface area contributed by atoms with Crippen molar-refractivity contribution in [1.29, 1.82) is 0 Å². The summed E-state index contributed by atoms with van der Waals surface area (Å²) in [6.45, 7) is 6.86. The zero-order chi connectivity index (χ0) is 24.8. The van der Waals surface area contributed by atoms with Crippen molar-refractivity contribution in [3.63, 3.8) is 0 Å². The molecule has 11 heteroatoms. The van der Waals surface area contributed by atoms with E-state index in [-0.39, 0.29) is 11.9 Å². The van der Waals surface area contributed by atoms with Gasteiger partial charge in [0.1, 0.15) is 24.1 Å². The Morgan fingerprint density at radius 1 is 1.26 bits per heavy atom. The summed E-state index contributed by atoms with van der Waals surface area (Å²) < 4.78 is 8.74. The van der Waals surface area contributed by atoms with Crippen molar-refractivity contribution in [3.05, 3.63) is 47.6 Å². The molecule has 0 radical (unpaired) electrons. The molecule has 190 valence electrons. The number of hydrogen-bond donors (Lipinski definition) is 1. The molecule has 0 spiro atoms. The molecule has 1 N–H and O–H groups in total. The van der Waals surface area contributed by atoms with E-state index in [1.165, 1.54) is 25.9 Å². The van der Waals surface area contributed by atoms with Gasteiger partial charge < -0.3 is 10.2 Å². The summed E-state index contributed by atoms with van der Waals surface area (Å²) >= 11 is 1.12. The van der Waals surface area contributed by atoms with E-state index in [9.17, 15) is 4.79 Å². The van der Waals surface area contributed by atoms with Crippen molar-refractivity contribution in [2.45, 2.75) is 64.5 Å². The quantitative estimate of drug-likeness (QED) is 0.490. The van der Waals surface area contributed by atoms with E-state index < -0.39 is 6.04 Å². The lowest BCUT2D eigenvalue weighted by Crippen LogP contribution is -2.45. The summed E-state index contributed by atoms with van der Waals surface area (Å²) in [5.74, 6) is 1.68. The van der Waals surface area contributed by atoms with Crippen LogP contribution in [0, 0.1) is 12.8 Å². The minimum atomic E-state index is -0.408. The van der Waals surface area contributed by atoms with E-state index in [1.807, 2.05) is 24.0 Å². The summed E-state index contributed by atoms with van der Waals surface area (Å²) in [5.41, 5.74) is 2.96. The van der Waals surface area contributed by atoms with Crippen LogP contribution in [-0.4, -0.2) is 73.4 Å². The first-order valence-corrected chi connectivity index (χ1v) is 13.0. The van der Waals surface area contributed by atoms with Crippen molar-refractivity contribution in [3.8, 4) is 0 Å². The maximum absolute atomic E-state index is 12.2. The Balaban J connectivity index is 0.000000308. The van der Waals surface area contributed by atoms with Crippen LogP contribution in [0.3, 0.4) is 0 Å². The van der Waals surface area contributed by atoms with Crippen molar-refractivity contribution in [2.24, 2.45) is 5.92 Å². The van der Waals surface area contributed by atoms with E-state index >= 15 is 0 Å². The van der Waals surface area contributed by atoms with E-state index in [0.29, 0.717) is 6.42 Å². The van der Waals surface area contributed by atoms with Crippen LogP contribution in [0.5, 0.6) is 0 Å². The van der Waals surface area contributed by atoms with Crippen molar-refractivity contribution in [1.82, 2.24) is 39.5 Å². The van der Waals surface area contributed by atoms with Crippen molar-refractivity contribution in [2.75, 3.05) is 27.2 Å². The number of piperidine rings is 1. The number of aromatic nitrogens is 5. The molecule has 1 aliphatic carbocycles. The van der Waals surface area contributed by atoms with Gasteiger partial charge in [-0.1, -0.05) is 12.1 Å². The summed E-state index contributed by atoms with van der Waals surface area (Å²) in [7, 11) is 3.77. The first kappa shape index (κ1) is 25.6. The van der Waals surface area contributed by atoms with Crippen LogP contribution in [0.1, 0.15) is 61.4 Å². The molecule has 1 saturated heterocycles. The Hall–Kier alpha value is -2.50. The molecule has 2 aromatic rings. The van der Waals surface area contributed by atoms with Gasteiger partial charge in [0.25, 0.3) is 0 Å². The minimum Gasteiger partial charge on any atom is -0.329 e. The molecular formula is C24H36N8O2S. The minimum absolute atomic E-state index is 0.0835. The first-order chi connectivity index (χ1) is 16.9. The number of aryl methyl sites for hydroxylation is 2. The third kappa shape index (κ3) is 6.59. The highest BCUT2D eigenvalue weighted by atomic mass is 32.2. The first-order valence-electron chi connectivity index (χ1n) is 12.3. The summed E-state index contributed by atoms with van der Waals surface area (Å²) in [6, 6.07) is -0.324. The maximum atomic E-state index is 12.2. The highest BCUT2D eigenvalue weighted by molar-refractivity contribution is 7.92.